The lowest BCUT2D eigenvalue weighted by Crippen LogP contribution is -2.41. The molecule has 33 heavy (non-hydrogen) atoms. The maximum atomic E-state index is 12.8. The quantitative estimate of drug-likeness (QED) is 0.444. The number of carbonyl (C=O) groups excluding carboxylic acids is 1. The zero-order chi connectivity index (χ0) is 23.5. The monoisotopic (exact) mass is 472 g/mol. The predicted octanol–water partition coefficient (Wildman–Crippen LogP) is 3.55. The fourth-order valence-corrected chi connectivity index (χ4v) is 4.16. The molecular formula is C22H18F2N4O4S. The van der Waals surface area contributed by atoms with Crippen molar-refractivity contribution in [2.45, 2.75) is 26.6 Å². The highest BCUT2D eigenvalue weighted by molar-refractivity contribution is 7.14. The number of para-hydroxylation sites is 2. The number of anilines is 1. The lowest BCUT2D eigenvalue weighted by molar-refractivity contribution is -0.116. The summed E-state index contributed by atoms with van der Waals surface area (Å²) in [5.41, 5.74) is 0.0593. The molecule has 2 heterocycles. The molecule has 2 aromatic carbocycles. The number of halogens is 2. The van der Waals surface area contributed by atoms with E-state index in [-0.39, 0.29) is 24.0 Å². The van der Waals surface area contributed by atoms with Gasteiger partial charge in [0.05, 0.1) is 16.6 Å². The number of nitrogens with zero attached hydrogens (tertiary/aromatic N) is 3. The number of amides is 1. The van der Waals surface area contributed by atoms with Gasteiger partial charge in [0.2, 0.25) is 5.91 Å². The summed E-state index contributed by atoms with van der Waals surface area (Å²) in [7, 11) is 0. The molecule has 2 aromatic heterocycles. The van der Waals surface area contributed by atoms with Gasteiger partial charge in [-0.2, -0.15) is 8.78 Å². The number of ether oxygens (including phenoxy) is 1. The van der Waals surface area contributed by atoms with E-state index >= 15 is 0 Å². The van der Waals surface area contributed by atoms with Crippen LogP contribution in [0.2, 0.25) is 0 Å². The minimum Gasteiger partial charge on any atom is -0.434 e. The number of aromatic nitrogens is 3. The number of thiazole rings is 1. The SMILES string of the molecule is CCn1c(=O)c2ccccc2n(CC(=O)Nc2nc(-c3ccccc3OC(F)F)cs2)c1=O. The maximum absolute atomic E-state index is 12.8. The molecule has 0 saturated carbocycles. The number of nitrogens with one attached hydrogen (secondary N) is 1. The molecule has 1 amide bonds. The summed E-state index contributed by atoms with van der Waals surface area (Å²) in [4.78, 5) is 42.3. The van der Waals surface area contributed by atoms with Gasteiger partial charge in [-0.3, -0.25) is 18.7 Å². The lowest BCUT2D eigenvalue weighted by Gasteiger charge is -2.12. The van der Waals surface area contributed by atoms with Crippen LogP contribution in [0, 0.1) is 0 Å². The summed E-state index contributed by atoms with van der Waals surface area (Å²) in [6.07, 6.45) is 0. The Bertz CT molecular complexity index is 1440. The van der Waals surface area contributed by atoms with E-state index in [4.69, 9.17) is 0 Å². The molecule has 0 saturated heterocycles. The second kappa shape index (κ2) is 9.33. The van der Waals surface area contributed by atoms with Crippen molar-refractivity contribution in [2.75, 3.05) is 5.32 Å². The third-order valence-electron chi connectivity index (χ3n) is 4.88. The Morgan fingerprint density at radius 1 is 1.12 bits per heavy atom. The normalized spacial score (nSPS) is 11.2. The van der Waals surface area contributed by atoms with Crippen LogP contribution < -0.4 is 21.3 Å². The summed E-state index contributed by atoms with van der Waals surface area (Å²) < 4.78 is 32.2. The van der Waals surface area contributed by atoms with Crippen LogP contribution in [-0.4, -0.2) is 26.6 Å². The lowest BCUT2D eigenvalue weighted by atomic mass is 10.1. The molecule has 0 fully saturated rings. The molecule has 0 aliphatic heterocycles. The van der Waals surface area contributed by atoms with Gasteiger partial charge in [0.15, 0.2) is 5.13 Å². The Kier molecular flexibility index (Phi) is 6.31. The topological polar surface area (TPSA) is 95.2 Å². The van der Waals surface area contributed by atoms with Gasteiger partial charge >= 0.3 is 12.3 Å². The van der Waals surface area contributed by atoms with Gasteiger partial charge in [-0.05, 0) is 31.2 Å². The van der Waals surface area contributed by atoms with Gasteiger partial charge < -0.3 is 10.1 Å². The first-order valence-corrected chi connectivity index (χ1v) is 10.8. The number of alkyl halides is 2. The van der Waals surface area contributed by atoms with E-state index in [1.165, 1.54) is 10.6 Å². The number of hydrogen-bond acceptors (Lipinski definition) is 6. The van der Waals surface area contributed by atoms with Crippen LogP contribution in [0.5, 0.6) is 5.75 Å². The molecule has 0 aliphatic carbocycles. The third kappa shape index (κ3) is 4.53. The van der Waals surface area contributed by atoms with Crippen LogP contribution in [-0.2, 0) is 17.9 Å². The van der Waals surface area contributed by atoms with Crippen molar-refractivity contribution in [3.05, 3.63) is 74.7 Å². The molecule has 1 N–H and O–H groups in total. The summed E-state index contributed by atoms with van der Waals surface area (Å²) in [6, 6.07) is 12.8. The average Bonchev–Trinajstić information content (AvgIpc) is 3.25. The van der Waals surface area contributed by atoms with E-state index < -0.39 is 23.8 Å². The van der Waals surface area contributed by atoms with Gasteiger partial charge in [0.25, 0.3) is 5.56 Å². The number of hydrogen-bond donors (Lipinski definition) is 1. The van der Waals surface area contributed by atoms with E-state index in [9.17, 15) is 23.2 Å². The fraction of sp³-hybridized carbons (Fsp3) is 0.182. The highest BCUT2D eigenvalue weighted by atomic mass is 32.1. The van der Waals surface area contributed by atoms with E-state index in [1.54, 1.807) is 54.8 Å². The van der Waals surface area contributed by atoms with Crippen LogP contribution in [0.4, 0.5) is 13.9 Å². The largest absolute Gasteiger partial charge is 0.434 e. The molecule has 0 unspecified atom stereocenters. The Morgan fingerprint density at radius 3 is 2.61 bits per heavy atom. The third-order valence-corrected chi connectivity index (χ3v) is 5.64. The zero-order valence-corrected chi connectivity index (χ0v) is 18.1. The molecule has 0 bridgehead atoms. The summed E-state index contributed by atoms with van der Waals surface area (Å²) in [5.74, 6) is -0.558. The van der Waals surface area contributed by atoms with Crippen molar-refractivity contribution in [3.8, 4) is 17.0 Å². The van der Waals surface area contributed by atoms with Crippen molar-refractivity contribution in [1.82, 2.24) is 14.1 Å². The molecule has 0 spiro atoms. The van der Waals surface area contributed by atoms with Gasteiger partial charge in [-0.15, -0.1) is 11.3 Å². The summed E-state index contributed by atoms with van der Waals surface area (Å²) in [6.45, 7) is -1.47. The maximum Gasteiger partial charge on any atom is 0.387 e. The van der Waals surface area contributed by atoms with E-state index in [0.717, 1.165) is 15.9 Å². The van der Waals surface area contributed by atoms with Gasteiger partial charge in [0, 0.05) is 17.5 Å². The second-order valence-electron chi connectivity index (χ2n) is 6.90. The summed E-state index contributed by atoms with van der Waals surface area (Å²) >= 11 is 1.10. The Balaban J connectivity index is 1.60. The summed E-state index contributed by atoms with van der Waals surface area (Å²) in [5, 5.41) is 4.77. The molecule has 0 aliphatic rings. The Morgan fingerprint density at radius 2 is 1.85 bits per heavy atom. The van der Waals surface area contributed by atoms with E-state index in [2.05, 4.69) is 15.0 Å². The van der Waals surface area contributed by atoms with Crippen molar-refractivity contribution < 1.29 is 18.3 Å². The zero-order valence-electron chi connectivity index (χ0n) is 17.3. The van der Waals surface area contributed by atoms with Crippen molar-refractivity contribution in [2.24, 2.45) is 0 Å². The van der Waals surface area contributed by atoms with Crippen LogP contribution in [0.15, 0.2) is 63.5 Å². The molecule has 4 rings (SSSR count). The van der Waals surface area contributed by atoms with Gasteiger partial charge in [-0.1, -0.05) is 24.3 Å². The molecule has 170 valence electrons. The average molecular weight is 472 g/mol. The Hall–Kier alpha value is -3.86. The standard InChI is InChI=1S/C22H18F2N4O4S/c1-2-27-19(30)14-8-3-5-9-16(14)28(22(27)31)11-18(29)26-21-25-15(12-33-21)13-7-4-6-10-17(13)32-20(23)24/h3-10,12,20H,2,11H2,1H3,(H,25,26,29). The van der Waals surface area contributed by atoms with Crippen molar-refractivity contribution >= 4 is 33.3 Å². The highest BCUT2D eigenvalue weighted by Gasteiger charge is 2.17. The fourth-order valence-electron chi connectivity index (χ4n) is 3.44. The first-order valence-electron chi connectivity index (χ1n) is 9.91. The van der Waals surface area contributed by atoms with Crippen molar-refractivity contribution in [1.29, 1.82) is 0 Å². The smallest absolute Gasteiger partial charge is 0.387 e. The first-order chi connectivity index (χ1) is 15.9. The van der Waals surface area contributed by atoms with Crippen LogP contribution >= 0.6 is 11.3 Å². The number of carbonyl (C=O) groups is 1. The van der Waals surface area contributed by atoms with E-state index in [1.807, 2.05) is 0 Å². The Labute approximate surface area is 189 Å². The highest BCUT2D eigenvalue weighted by Crippen LogP contribution is 2.33. The predicted molar refractivity (Wildman–Crippen MR) is 121 cm³/mol. The van der Waals surface area contributed by atoms with Crippen LogP contribution in [0.25, 0.3) is 22.2 Å². The minimum atomic E-state index is -2.98. The number of benzene rings is 2. The number of fused-ring (bicyclic) bond motifs is 1. The molecule has 0 radical (unpaired) electrons. The molecular weight excluding hydrogens is 454 g/mol. The molecule has 11 heteroatoms. The first kappa shape index (κ1) is 22.3. The number of rotatable bonds is 7. The second-order valence-corrected chi connectivity index (χ2v) is 7.75. The molecule has 0 atom stereocenters. The van der Waals surface area contributed by atoms with Gasteiger partial charge in [0.1, 0.15) is 12.3 Å². The molecule has 4 aromatic rings. The minimum absolute atomic E-state index is 0.0319. The molecule has 8 nitrogen and oxygen atoms in total. The van der Waals surface area contributed by atoms with Crippen molar-refractivity contribution in [3.63, 3.8) is 0 Å². The van der Waals surface area contributed by atoms with Crippen LogP contribution in [0.3, 0.4) is 0 Å². The van der Waals surface area contributed by atoms with E-state index in [0.29, 0.717) is 22.2 Å². The van der Waals surface area contributed by atoms with Gasteiger partial charge in [-0.25, -0.2) is 9.78 Å². The van der Waals surface area contributed by atoms with Crippen LogP contribution in [0.1, 0.15) is 6.92 Å².